The van der Waals surface area contributed by atoms with Crippen molar-refractivity contribution in [1.29, 1.82) is 0 Å². The number of hydrogen-bond acceptors (Lipinski definition) is 5. The third-order valence-corrected chi connectivity index (χ3v) is 4.51. The summed E-state index contributed by atoms with van der Waals surface area (Å²) in [7, 11) is 0. The summed E-state index contributed by atoms with van der Waals surface area (Å²) in [5.74, 6) is -2.16. The van der Waals surface area contributed by atoms with Gasteiger partial charge in [-0.1, -0.05) is 54.1 Å². The van der Waals surface area contributed by atoms with E-state index in [-0.39, 0.29) is 5.75 Å². The smallest absolute Gasteiger partial charge is 0.343 e. The molecule has 0 saturated carbocycles. The van der Waals surface area contributed by atoms with E-state index in [0.29, 0.717) is 21.8 Å². The van der Waals surface area contributed by atoms with E-state index in [1.165, 1.54) is 6.21 Å². The Labute approximate surface area is 183 Å². The molecular formula is C23H18ClN3O4. The standard InChI is InChI=1S/C23H18ClN3O4/c1-15-8-2-4-10-17(15)23(30)31-20-13-7-3-9-16(20)14-25-27-22(29)21(28)26-19-12-6-5-11-18(19)24/h2-14H,1H3,(H,26,28)(H,27,29)/b25-14+. The third kappa shape index (κ3) is 5.77. The highest BCUT2D eigenvalue weighted by Gasteiger charge is 2.15. The van der Waals surface area contributed by atoms with Gasteiger partial charge in [0.05, 0.1) is 22.5 Å². The second-order valence-corrected chi connectivity index (χ2v) is 6.78. The molecule has 0 bridgehead atoms. The van der Waals surface area contributed by atoms with Crippen LogP contribution in [0.4, 0.5) is 5.69 Å². The zero-order chi connectivity index (χ0) is 22.2. The van der Waals surface area contributed by atoms with E-state index < -0.39 is 17.8 Å². The van der Waals surface area contributed by atoms with Gasteiger partial charge in [0.2, 0.25) is 0 Å². The van der Waals surface area contributed by atoms with Crippen molar-refractivity contribution in [2.75, 3.05) is 5.32 Å². The Kier molecular flexibility index (Phi) is 7.13. The van der Waals surface area contributed by atoms with Crippen molar-refractivity contribution in [2.45, 2.75) is 6.92 Å². The number of halogens is 1. The van der Waals surface area contributed by atoms with Gasteiger partial charge in [0.1, 0.15) is 5.75 Å². The minimum absolute atomic E-state index is 0.259. The number of anilines is 1. The Bertz CT molecular complexity index is 1160. The average molecular weight is 436 g/mol. The van der Waals surface area contributed by atoms with E-state index >= 15 is 0 Å². The highest BCUT2D eigenvalue weighted by atomic mass is 35.5. The Morgan fingerprint density at radius 3 is 2.35 bits per heavy atom. The fourth-order valence-corrected chi connectivity index (χ4v) is 2.77. The molecule has 0 aliphatic heterocycles. The van der Waals surface area contributed by atoms with Gasteiger partial charge in [0.15, 0.2) is 0 Å². The molecule has 0 heterocycles. The van der Waals surface area contributed by atoms with Gasteiger partial charge in [-0.05, 0) is 42.8 Å². The van der Waals surface area contributed by atoms with Crippen LogP contribution in [0.1, 0.15) is 21.5 Å². The number of rotatable bonds is 5. The number of ether oxygens (including phenoxy) is 1. The van der Waals surface area contributed by atoms with E-state index in [1.54, 1.807) is 60.7 Å². The van der Waals surface area contributed by atoms with Gasteiger partial charge in [0.25, 0.3) is 0 Å². The van der Waals surface area contributed by atoms with Crippen LogP contribution in [0.15, 0.2) is 77.9 Å². The minimum Gasteiger partial charge on any atom is -0.422 e. The molecule has 7 nitrogen and oxygen atoms in total. The number of benzene rings is 3. The fraction of sp³-hybridized carbons (Fsp3) is 0.0435. The number of hydrogen-bond donors (Lipinski definition) is 2. The maximum Gasteiger partial charge on any atom is 0.343 e. The van der Waals surface area contributed by atoms with Crippen molar-refractivity contribution in [3.05, 3.63) is 94.5 Å². The van der Waals surface area contributed by atoms with Crippen LogP contribution in [-0.2, 0) is 9.59 Å². The number of amides is 2. The van der Waals surface area contributed by atoms with Crippen LogP contribution < -0.4 is 15.5 Å². The summed E-state index contributed by atoms with van der Waals surface area (Å²) in [5.41, 5.74) is 4.11. The maximum atomic E-state index is 12.5. The fourth-order valence-electron chi connectivity index (χ4n) is 2.59. The molecule has 156 valence electrons. The summed E-state index contributed by atoms with van der Waals surface area (Å²) in [5, 5.41) is 6.47. The van der Waals surface area contributed by atoms with E-state index in [0.717, 1.165) is 5.56 Å². The molecule has 0 aromatic heterocycles. The van der Waals surface area contributed by atoms with Crippen molar-refractivity contribution in [2.24, 2.45) is 5.10 Å². The van der Waals surface area contributed by atoms with Crippen LogP contribution in [0.3, 0.4) is 0 Å². The van der Waals surface area contributed by atoms with Crippen LogP contribution in [0.25, 0.3) is 0 Å². The Morgan fingerprint density at radius 1 is 0.903 bits per heavy atom. The van der Waals surface area contributed by atoms with Crippen LogP contribution in [0, 0.1) is 6.92 Å². The molecule has 0 aliphatic carbocycles. The first-order valence-corrected chi connectivity index (χ1v) is 9.59. The SMILES string of the molecule is Cc1ccccc1C(=O)Oc1ccccc1/C=N/NC(=O)C(=O)Nc1ccccc1Cl. The maximum absolute atomic E-state index is 12.5. The summed E-state index contributed by atoms with van der Waals surface area (Å²) < 4.78 is 5.47. The van der Waals surface area contributed by atoms with E-state index in [9.17, 15) is 14.4 Å². The largest absolute Gasteiger partial charge is 0.422 e. The van der Waals surface area contributed by atoms with Gasteiger partial charge in [-0.25, -0.2) is 10.2 Å². The molecule has 2 amide bonds. The topological polar surface area (TPSA) is 96.9 Å². The molecule has 3 rings (SSSR count). The number of carbonyl (C=O) groups excluding carboxylic acids is 3. The molecule has 2 N–H and O–H groups in total. The lowest BCUT2D eigenvalue weighted by Crippen LogP contribution is -2.32. The zero-order valence-corrected chi connectivity index (χ0v) is 17.2. The van der Waals surface area contributed by atoms with Crippen molar-refractivity contribution < 1.29 is 19.1 Å². The lowest BCUT2D eigenvalue weighted by molar-refractivity contribution is -0.136. The monoisotopic (exact) mass is 435 g/mol. The molecule has 0 atom stereocenters. The number of esters is 1. The highest BCUT2D eigenvalue weighted by Crippen LogP contribution is 2.20. The molecule has 0 fully saturated rings. The number of aryl methyl sites for hydroxylation is 1. The van der Waals surface area contributed by atoms with Crippen LogP contribution in [0.2, 0.25) is 5.02 Å². The second-order valence-electron chi connectivity index (χ2n) is 6.38. The van der Waals surface area contributed by atoms with Crippen molar-refractivity contribution in [3.63, 3.8) is 0 Å². The number of nitrogens with zero attached hydrogens (tertiary/aromatic N) is 1. The summed E-state index contributed by atoms with van der Waals surface area (Å²) in [6.07, 6.45) is 1.28. The van der Waals surface area contributed by atoms with E-state index in [4.69, 9.17) is 16.3 Å². The number of hydrazone groups is 1. The Hall–Kier alpha value is -3.97. The molecule has 3 aromatic carbocycles. The summed E-state index contributed by atoms with van der Waals surface area (Å²) in [4.78, 5) is 36.4. The van der Waals surface area contributed by atoms with Crippen molar-refractivity contribution in [1.82, 2.24) is 5.43 Å². The van der Waals surface area contributed by atoms with Gasteiger partial charge in [-0.15, -0.1) is 0 Å². The van der Waals surface area contributed by atoms with Gasteiger partial charge in [-0.2, -0.15) is 5.10 Å². The third-order valence-electron chi connectivity index (χ3n) is 4.18. The van der Waals surface area contributed by atoms with E-state index in [2.05, 4.69) is 15.8 Å². The first kappa shape index (κ1) is 21.7. The van der Waals surface area contributed by atoms with Crippen LogP contribution in [0.5, 0.6) is 5.75 Å². The first-order chi connectivity index (χ1) is 15.0. The second kappa shape index (κ2) is 10.2. The molecule has 3 aromatic rings. The number of carbonyl (C=O) groups is 3. The first-order valence-electron chi connectivity index (χ1n) is 9.21. The quantitative estimate of drug-likeness (QED) is 0.208. The van der Waals surface area contributed by atoms with Crippen molar-refractivity contribution in [3.8, 4) is 5.75 Å². The summed E-state index contributed by atoms with van der Waals surface area (Å²) in [6, 6.07) is 20.3. The van der Waals surface area contributed by atoms with Crippen molar-refractivity contribution >= 4 is 41.3 Å². The molecule has 8 heteroatoms. The average Bonchev–Trinajstić information content (AvgIpc) is 2.76. The zero-order valence-electron chi connectivity index (χ0n) is 16.5. The lowest BCUT2D eigenvalue weighted by Gasteiger charge is -2.09. The molecule has 0 unspecified atom stereocenters. The van der Waals surface area contributed by atoms with Gasteiger partial charge >= 0.3 is 17.8 Å². The lowest BCUT2D eigenvalue weighted by atomic mass is 10.1. The highest BCUT2D eigenvalue weighted by molar-refractivity contribution is 6.41. The predicted molar refractivity (Wildman–Crippen MR) is 118 cm³/mol. The molecule has 31 heavy (non-hydrogen) atoms. The summed E-state index contributed by atoms with van der Waals surface area (Å²) in [6.45, 7) is 1.81. The molecular weight excluding hydrogens is 418 g/mol. The number of nitrogens with one attached hydrogen (secondary N) is 2. The van der Waals surface area contributed by atoms with Crippen LogP contribution in [-0.4, -0.2) is 24.0 Å². The van der Waals surface area contributed by atoms with Gasteiger partial charge in [0, 0.05) is 5.56 Å². The summed E-state index contributed by atoms with van der Waals surface area (Å²) >= 11 is 5.95. The Balaban J connectivity index is 1.64. The normalized spacial score (nSPS) is 10.5. The van der Waals surface area contributed by atoms with E-state index in [1.807, 2.05) is 19.1 Å². The number of para-hydroxylation sites is 2. The Morgan fingerprint density at radius 2 is 1.58 bits per heavy atom. The molecule has 0 spiro atoms. The molecule has 0 saturated heterocycles. The minimum atomic E-state index is -0.981. The van der Waals surface area contributed by atoms with Gasteiger partial charge in [-0.3, -0.25) is 9.59 Å². The van der Waals surface area contributed by atoms with Crippen LogP contribution >= 0.6 is 11.6 Å². The van der Waals surface area contributed by atoms with Gasteiger partial charge < -0.3 is 10.1 Å². The molecule has 0 radical (unpaired) electrons. The predicted octanol–water partition coefficient (Wildman–Crippen LogP) is 3.96. The molecule has 0 aliphatic rings.